The molecular formula is C16H17N3O2. The number of hydrogen-bond donors (Lipinski definition) is 1. The van der Waals surface area contributed by atoms with Crippen LogP contribution in [0.3, 0.4) is 0 Å². The molecule has 3 rings (SSSR count). The fourth-order valence-electron chi connectivity index (χ4n) is 2.43. The number of hydrogen-bond acceptors (Lipinski definition) is 4. The van der Waals surface area contributed by atoms with Gasteiger partial charge in [0.25, 0.3) is 5.91 Å². The number of anilines is 2. The lowest BCUT2D eigenvalue weighted by atomic mass is 10.1. The van der Waals surface area contributed by atoms with Crippen LogP contribution in [0.4, 0.5) is 11.4 Å². The molecule has 1 aliphatic heterocycles. The van der Waals surface area contributed by atoms with Crippen molar-refractivity contribution in [3.8, 4) is 5.75 Å². The minimum atomic E-state index is -0.497. The maximum Gasteiger partial charge on any atom is 0.267 e. The summed E-state index contributed by atoms with van der Waals surface area (Å²) in [6.45, 7) is 2.32. The van der Waals surface area contributed by atoms with Gasteiger partial charge in [-0.3, -0.25) is 9.78 Å². The van der Waals surface area contributed by atoms with E-state index >= 15 is 0 Å². The summed E-state index contributed by atoms with van der Waals surface area (Å²) in [5.74, 6) is 0.617. The number of aromatic nitrogens is 1. The zero-order valence-corrected chi connectivity index (χ0v) is 11.8. The number of amides is 1. The van der Waals surface area contributed by atoms with E-state index < -0.39 is 6.10 Å². The van der Waals surface area contributed by atoms with Crippen LogP contribution in [-0.4, -0.2) is 23.5 Å². The summed E-state index contributed by atoms with van der Waals surface area (Å²) < 4.78 is 5.62. The number of pyridine rings is 1. The van der Waals surface area contributed by atoms with Crippen molar-refractivity contribution in [1.29, 1.82) is 0 Å². The van der Waals surface area contributed by atoms with Gasteiger partial charge in [0.15, 0.2) is 6.10 Å². The lowest BCUT2D eigenvalue weighted by molar-refractivity contribution is -0.125. The fourth-order valence-corrected chi connectivity index (χ4v) is 2.43. The van der Waals surface area contributed by atoms with E-state index in [0.717, 1.165) is 11.4 Å². The molecule has 0 radical (unpaired) electrons. The van der Waals surface area contributed by atoms with Gasteiger partial charge in [-0.2, -0.15) is 0 Å². The van der Waals surface area contributed by atoms with Gasteiger partial charge in [-0.25, -0.2) is 0 Å². The number of fused-ring (bicyclic) bond motifs is 1. The highest BCUT2D eigenvalue weighted by Crippen LogP contribution is 2.35. The average Bonchev–Trinajstić information content (AvgIpc) is 2.49. The molecule has 0 aliphatic carbocycles. The Morgan fingerprint density at radius 3 is 2.95 bits per heavy atom. The lowest BCUT2D eigenvalue weighted by Crippen LogP contribution is -2.45. The van der Waals surface area contributed by atoms with Crippen molar-refractivity contribution in [3.05, 3.63) is 48.3 Å². The topological polar surface area (TPSA) is 68.5 Å². The second kappa shape index (κ2) is 5.44. The smallest absolute Gasteiger partial charge is 0.267 e. The van der Waals surface area contributed by atoms with Crippen molar-refractivity contribution >= 4 is 17.3 Å². The predicted octanol–water partition coefficient (Wildman–Crippen LogP) is 2.02. The fraction of sp³-hybridized carbons (Fsp3) is 0.250. The largest absolute Gasteiger partial charge is 0.479 e. The molecule has 2 aromatic rings. The number of carbonyl (C=O) groups excluding carboxylic acids is 1. The molecule has 5 heteroatoms. The zero-order chi connectivity index (χ0) is 14.8. The number of benzene rings is 1. The van der Waals surface area contributed by atoms with E-state index in [1.165, 1.54) is 0 Å². The van der Waals surface area contributed by atoms with Gasteiger partial charge in [-0.05, 0) is 31.2 Å². The maximum absolute atomic E-state index is 12.3. The monoisotopic (exact) mass is 283 g/mol. The third kappa shape index (κ3) is 2.67. The standard InChI is InChI=1S/C16H17N3O2/c1-11-16(20)19(9-7-13-4-2-3-8-18-13)14-6-5-12(17)10-15(14)21-11/h2-6,8,10-11H,7,9,17H2,1H3. The highest BCUT2D eigenvalue weighted by atomic mass is 16.5. The molecule has 0 saturated heterocycles. The highest BCUT2D eigenvalue weighted by Gasteiger charge is 2.31. The third-order valence-electron chi connectivity index (χ3n) is 3.51. The van der Waals surface area contributed by atoms with Crippen molar-refractivity contribution in [1.82, 2.24) is 4.98 Å². The number of nitrogens with two attached hydrogens (primary N) is 1. The van der Waals surface area contributed by atoms with Crippen LogP contribution in [0.15, 0.2) is 42.6 Å². The normalized spacial score (nSPS) is 17.3. The molecule has 0 spiro atoms. The van der Waals surface area contributed by atoms with Crippen LogP contribution in [0.25, 0.3) is 0 Å². The summed E-state index contributed by atoms with van der Waals surface area (Å²) in [6, 6.07) is 11.1. The zero-order valence-electron chi connectivity index (χ0n) is 11.8. The minimum Gasteiger partial charge on any atom is -0.479 e. The van der Waals surface area contributed by atoms with Gasteiger partial charge in [0.1, 0.15) is 5.75 Å². The predicted molar refractivity (Wildman–Crippen MR) is 81.2 cm³/mol. The minimum absolute atomic E-state index is 0.0387. The molecule has 2 N–H and O–H groups in total. The van der Waals surface area contributed by atoms with E-state index in [9.17, 15) is 4.79 Å². The van der Waals surface area contributed by atoms with Gasteiger partial charge in [0.2, 0.25) is 0 Å². The average molecular weight is 283 g/mol. The Kier molecular flexibility index (Phi) is 3.48. The van der Waals surface area contributed by atoms with Crippen LogP contribution in [0, 0.1) is 0 Å². The molecular weight excluding hydrogens is 266 g/mol. The Bertz CT molecular complexity index is 658. The van der Waals surface area contributed by atoms with Crippen molar-refractivity contribution in [3.63, 3.8) is 0 Å². The second-order valence-corrected chi connectivity index (χ2v) is 5.05. The van der Waals surface area contributed by atoms with E-state index in [1.54, 1.807) is 30.2 Å². The summed E-state index contributed by atoms with van der Waals surface area (Å²) in [6.07, 6.45) is 1.96. The summed E-state index contributed by atoms with van der Waals surface area (Å²) in [5.41, 5.74) is 8.13. The molecule has 1 amide bonds. The molecule has 108 valence electrons. The molecule has 0 saturated carbocycles. The van der Waals surface area contributed by atoms with Crippen LogP contribution in [-0.2, 0) is 11.2 Å². The highest BCUT2D eigenvalue weighted by molar-refractivity contribution is 6.00. The van der Waals surface area contributed by atoms with Gasteiger partial charge in [-0.1, -0.05) is 6.07 Å². The Morgan fingerprint density at radius 2 is 2.19 bits per heavy atom. The van der Waals surface area contributed by atoms with Gasteiger partial charge in [-0.15, -0.1) is 0 Å². The molecule has 1 unspecified atom stereocenters. The first kappa shape index (κ1) is 13.4. The number of rotatable bonds is 3. The third-order valence-corrected chi connectivity index (χ3v) is 3.51. The van der Waals surface area contributed by atoms with E-state index in [4.69, 9.17) is 10.5 Å². The van der Waals surface area contributed by atoms with E-state index in [1.807, 2.05) is 24.3 Å². The summed E-state index contributed by atoms with van der Waals surface area (Å²) in [4.78, 5) is 18.4. The van der Waals surface area contributed by atoms with Crippen LogP contribution < -0.4 is 15.4 Å². The van der Waals surface area contributed by atoms with Crippen molar-refractivity contribution in [2.24, 2.45) is 0 Å². The van der Waals surface area contributed by atoms with Crippen molar-refractivity contribution in [2.45, 2.75) is 19.4 Å². The molecule has 2 heterocycles. The Hall–Kier alpha value is -2.56. The first-order valence-electron chi connectivity index (χ1n) is 6.92. The number of nitrogen functional groups attached to an aromatic ring is 1. The molecule has 0 bridgehead atoms. The molecule has 1 atom stereocenters. The van der Waals surface area contributed by atoms with Crippen LogP contribution >= 0.6 is 0 Å². The Labute approximate surface area is 123 Å². The van der Waals surface area contributed by atoms with Crippen LogP contribution in [0.2, 0.25) is 0 Å². The van der Waals surface area contributed by atoms with Crippen molar-refractivity contribution in [2.75, 3.05) is 17.2 Å². The van der Waals surface area contributed by atoms with Crippen molar-refractivity contribution < 1.29 is 9.53 Å². The van der Waals surface area contributed by atoms with Gasteiger partial charge in [0, 0.05) is 36.6 Å². The number of ether oxygens (including phenoxy) is 1. The Balaban J connectivity index is 1.85. The molecule has 1 aromatic carbocycles. The van der Waals surface area contributed by atoms with Gasteiger partial charge < -0.3 is 15.4 Å². The quantitative estimate of drug-likeness (QED) is 0.875. The first-order valence-corrected chi connectivity index (χ1v) is 6.92. The summed E-state index contributed by atoms with van der Waals surface area (Å²) >= 11 is 0. The molecule has 5 nitrogen and oxygen atoms in total. The molecule has 21 heavy (non-hydrogen) atoms. The first-order chi connectivity index (χ1) is 10.1. The van der Waals surface area contributed by atoms with Crippen LogP contribution in [0.1, 0.15) is 12.6 Å². The second-order valence-electron chi connectivity index (χ2n) is 5.05. The SMILES string of the molecule is CC1Oc2cc(N)ccc2N(CCc2ccccn2)C1=O. The lowest BCUT2D eigenvalue weighted by Gasteiger charge is -2.33. The van der Waals surface area contributed by atoms with E-state index in [-0.39, 0.29) is 5.91 Å². The van der Waals surface area contributed by atoms with Gasteiger partial charge >= 0.3 is 0 Å². The number of nitrogens with zero attached hydrogens (tertiary/aromatic N) is 2. The number of carbonyl (C=O) groups is 1. The maximum atomic E-state index is 12.3. The van der Waals surface area contributed by atoms with Crippen LogP contribution in [0.5, 0.6) is 5.75 Å². The van der Waals surface area contributed by atoms with Gasteiger partial charge in [0.05, 0.1) is 5.69 Å². The summed E-state index contributed by atoms with van der Waals surface area (Å²) in [7, 11) is 0. The Morgan fingerprint density at radius 1 is 1.33 bits per heavy atom. The summed E-state index contributed by atoms with van der Waals surface area (Å²) in [5, 5.41) is 0. The molecule has 0 fully saturated rings. The molecule has 1 aromatic heterocycles. The molecule has 1 aliphatic rings. The van der Waals surface area contributed by atoms with E-state index in [2.05, 4.69) is 4.98 Å². The van der Waals surface area contributed by atoms with E-state index in [0.29, 0.717) is 24.4 Å².